The second-order valence-electron chi connectivity index (χ2n) is 9.33. The molecule has 3 rings (SSSR count). The van der Waals surface area contributed by atoms with Gasteiger partial charge in [-0.2, -0.15) is 0 Å². The van der Waals surface area contributed by atoms with Crippen LogP contribution in [0.1, 0.15) is 45.1 Å². The third kappa shape index (κ3) is 7.10. The molecule has 0 aromatic heterocycles. The SMILES string of the molecule is CCC(C)CN1CCC(COc2ccccc2)(CC(=O)N(C)Cc2ccccc2)CC1. The van der Waals surface area contributed by atoms with Crippen LogP contribution >= 0.6 is 0 Å². The molecule has 1 atom stereocenters. The summed E-state index contributed by atoms with van der Waals surface area (Å²) in [4.78, 5) is 17.6. The predicted octanol–water partition coefficient (Wildman–Crippen LogP) is 5.24. The number of nitrogens with zero attached hydrogens (tertiary/aromatic N) is 2. The Balaban J connectivity index is 1.64. The van der Waals surface area contributed by atoms with Gasteiger partial charge in [0, 0.05) is 32.0 Å². The normalized spacial score (nSPS) is 17.1. The monoisotopic (exact) mass is 422 g/mol. The molecule has 31 heavy (non-hydrogen) atoms. The maximum absolute atomic E-state index is 13.2. The summed E-state index contributed by atoms with van der Waals surface area (Å²) in [5.74, 6) is 1.80. The Labute approximate surface area is 188 Å². The van der Waals surface area contributed by atoms with E-state index < -0.39 is 0 Å². The number of para-hydroxylation sites is 1. The number of hydrogen-bond acceptors (Lipinski definition) is 3. The van der Waals surface area contributed by atoms with E-state index in [1.54, 1.807) is 0 Å². The van der Waals surface area contributed by atoms with Gasteiger partial charge in [-0.15, -0.1) is 0 Å². The lowest BCUT2D eigenvalue weighted by atomic mass is 9.75. The van der Waals surface area contributed by atoms with Gasteiger partial charge in [0.05, 0.1) is 6.61 Å². The number of ether oxygens (including phenoxy) is 1. The van der Waals surface area contributed by atoms with E-state index in [9.17, 15) is 4.79 Å². The van der Waals surface area contributed by atoms with Gasteiger partial charge in [-0.1, -0.05) is 68.8 Å². The van der Waals surface area contributed by atoms with Gasteiger partial charge < -0.3 is 14.5 Å². The molecule has 1 heterocycles. The minimum atomic E-state index is -0.107. The highest BCUT2D eigenvalue weighted by atomic mass is 16.5. The number of likely N-dealkylation sites (tertiary alicyclic amines) is 1. The lowest BCUT2D eigenvalue weighted by molar-refractivity contribution is -0.134. The summed E-state index contributed by atoms with van der Waals surface area (Å²) in [6.07, 6.45) is 3.75. The number of benzene rings is 2. The summed E-state index contributed by atoms with van der Waals surface area (Å²) in [5.41, 5.74) is 1.06. The minimum absolute atomic E-state index is 0.107. The van der Waals surface area contributed by atoms with E-state index in [-0.39, 0.29) is 11.3 Å². The summed E-state index contributed by atoms with van der Waals surface area (Å²) < 4.78 is 6.20. The van der Waals surface area contributed by atoms with Gasteiger partial charge in [0.2, 0.25) is 5.91 Å². The van der Waals surface area contributed by atoms with Gasteiger partial charge in [0.25, 0.3) is 0 Å². The molecule has 0 radical (unpaired) electrons. The van der Waals surface area contributed by atoms with E-state index in [0.717, 1.165) is 43.8 Å². The van der Waals surface area contributed by atoms with Crippen molar-refractivity contribution in [2.45, 2.75) is 46.1 Å². The Bertz CT molecular complexity index is 785. The quantitative estimate of drug-likeness (QED) is 0.525. The zero-order chi connectivity index (χ0) is 22.1. The van der Waals surface area contributed by atoms with Crippen LogP contribution in [0.5, 0.6) is 5.75 Å². The molecule has 4 nitrogen and oxygen atoms in total. The number of rotatable bonds is 10. The second-order valence-corrected chi connectivity index (χ2v) is 9.33. The number of amides is 1. The summed E-state index contributed by atoms with van der Waals surface area (Å²) in [6.45, 7) is 9.05. The molecule has 0 saturated carbocycles. The first kappa shape index (κ1) is 23.3. The highest BCUT2D eigenvalue weighted by Crippen LogP contribution is 2.37. The lowest BCUT2D eigenvalue weighted by Gasteiger charge is -2.42. The van der Waals surface area contributed by atoms with Gasteiger partial charge >= 0.3 is 0 Å². The molecule has 0 bridgehead atoms. The van der Waals surface area contributed by atoms with Crippen molar-refractivity contribution in [2.24, 2.45) is 11.3 Å². The van der Waals surface area contributed by atoms with Crippen LogP contribution in [-0.2, 0) is 11.3 Å². The number of piperidine rings is 1. The highest BCUT2D eigenvalue weighted by Gasteiger charge is 2.38. The molecule has 1 aliphatic heterocycles. The van der Waals surface area contributed by atoms with Gasteiger partial charge in [0.15, 0.2) is 0 Å². The van der Waals surface area contributed by atoms with Gasteiger partial charge in [-0.3, -0.25) is 4.79 Å². The molecule has 1 fully saturated rings. The van der Waals surface area contributed by atoms with E-state index >= 15 is 0 Å². The van der Waals surface area contributed by atoms with Crippen molar-refractivity contribution in [3.05, 3.63) is 66.2 Å². The molecule has 1 saturated heterocycles. The Morgan fingerprint density at radius 2 is 1.68 bits per heavy atom. The predicted molar refractivity (Wildman–Crippen MR) is 127 cm³/mol. The van der Waals surface area contributed by atoms with Crippen LogP contribution in [-0.4, -0.2) is 49.0 Å². The van der Waals surface area contributed by atoms with Crippen molar-refractivity contribution in [3.63, 3.8) is 0 Å². The summed E-state index contributed by atoms with van der Waals surface area (Å²) in [5, 5.41) is 0. The number of carbonyl (C=O) groups is 1. The van der Waals surface area contributed by atoms with E-state index in [1.807, 2.05) is 60.5 Å². The fourth-order valence-electron chi connectivity index (χ4n) is 4.31. The van der Waals surface area contributed by atoms with Crippen molar-refractivity contribution < 1.29 is 9.53 Å². The van der Waals surface area contributed by atoms with Gasteiger partial charge in [-0.05, 0) is 49.5 Å². The fourth-order valence-corrected chi connectivity index (χ4v) is 4.31. The van der Waals surface area contributed by atoms with Gasteiger partial charge in [0.1, 0.15) is 5.75 Å². The molecular formula is C27H38N2O2. The van der Waals surface area contributed by atoms with Crippen LogP contribution in [0.15, 0.2) is 60.7 Å². The number of carbonyl (C=O) groups excluding carboxylic acids is 1. The zero-order valence-electron chi connectivity index (χ0n) is 19.4. The molecule has 0 N–H and O–H groups in total. The molecule has 4 heteroatoms. The second kappa shape index (κ2) is 11.3. The van der Waals surface area contributed by atoms with E-state index in [1.165, 1.54) is 6.42 Å². The Kier molecular flexibility index (Phi) is 8.53. The van der Waals surface area contributed by atoms with Crippen LogP contribution in [0.3, 0.4) is 0 Å². The lowest BCUT2D eigenvalue weighted by Crippen LogP contribution is -2.46. The van der Waals surface area contributed by atoms with Crippen molar-refractivity contribution in [1.82, 2.24) is 9.80 Å². The van der Waals surface area contributed by atoms with Crippen LogP contribution in [0.2, 0.25) is 0 Å². The molecule has 1 unspecified atom stereocenters. The van der Waals surface area contributed by atoms with Gasteiger partial charge in [-0.25, -0.2) is 0 Å². The highest BCUT2D eigenvalue weighted by molar-refractivity contribution is 5.76. The van der Waals surface area contributed by atoms with Crippen molar-refractivity contribution in [1.29, 1.82) is 0 Å². The number of hydrogen-bond donors (Lipinski definition) is 0. The third-order valence-electron chi connectivity index (χ3n) is 6.69. The maximum Gasteiger partial charge on any atom is 0.223 e. The van der Waals surface area contributed by atoms with Crippen LogP contribution in [0.25, 0.3) is 0 Å². The first-order valence-electron chi connectivity index (χ1n) is 11.7. The summed E-state index contributed by atoms with van der Waals surface area (Å²) in [7, 11) is 1.92. The molecule has 2 aromatic carbocycles. The standard InChI is InChI=1S/C27H38N2O2/c1-4-23(2)20-29-17-15-27(16-18-29,22-31-25-13-9-6-10-14-25)19-26(30)28(3)21-24-11-7-5-8-12-24/h5-14,23H,4,15-22H2,1-3H3. The molecule has 2 aromatic rings. The average molecular weight is 423 g/mol. The minimum Gasteiger partial charge on any atom is -0.493 e. The average Bonchev–Trinajstić information content (AvgIpc) is 2.80. The molecular weight excluding hydrogens is 384 g/mol. The first-order valence-corrected chi connectivity index (χ1v) is 11.7. The van der Waals surface area contributed by atoms with Crippen LogP contribution in [0.4, 0.5) is 0 Å². The van der Waals surface area contributed by atoms with E-state index in [0.29, 0.717) is 25.5 Å². The first-order chi connectivity index (χ1) is 15.0. The zero-order valence-corrected chi connectivity index (χ0v) is 19.4. The van der Waals surface area contributed by atoms with Crippen molar-refractivity contribution >= 4 is 5.91 Å². The summed E-state index contributed by atoms with van der Waals surface area (Å²) >= 11 is 0. The van der Waals surface area contributed by atoms with Crippen molar-refractivity contribution in [2.75, 3.05) is 33.3 Å². The van der Waals surface area contributed by atoms with Crippen LogP contribution in [0, 0.1) is 11.3 Å². The smallest absolute Gasteiger partial charge is 0.223 e. The van der Waals surface area contributed by atoms with E-state index in [2.05, 4.69) is 30.9 Å². The fraction of sp³-hybridized carbons (Fsp3) is 0.519. The molecule has 1 amide bonds. The van der Waals surface area contributed by atoms with Crippen molar-refractivity contribution in [3.8, 4) is 5.75 Å². The third-order valence-corrected chi connectivity index (χ3v) is 6.69. The van der Waals surface area contributed by atoms with Crippen LogP contribution < -0.4 is 4.74 Å². The molecule has 0 spiro atoms. The maximum atomic E-state index is 13.2. The Morgan fingerprint density at radius 1 is 1.06 bits per heavy atom. The summed E-state index contributed by atoms with van der Waals surface area (Å²) in [6, 6.07) is 20.2. The Morgan fingerprint density at radius 3 is 2.29 bits per heavy atom. The van der Waals surface area contributed by atoms with E-state index in [4.69, 9.17) is 4.74 Å². The molecule has 0 aliphatic carbocycles. The molecule has 168 valence electrons. The molecule has 1 aliphatic rings. The largest absolute Gasteiger partial charge is 0.493 e. The Hall–Kier alpha value is -2.33. The topological polar surface area (TPSA) is 32.8 Å².